The van der Waals surface area contributed by atoms with E-state index in [2.05, 4.69) is 4.90 Å². The molecular formula is C24H24ClNO3. The van der Waals surface area contributed by atoms with Crippen LogP contribution in [0.25, 0.3) is 0 Å². The third-order valence-corrected chi connectivity index (χ3v) is 4.89. The molecule has 0 bridgehead atoms. The van der Waals surface area contributed by atoms with Gasteiger partial charge in [-0.15, -0.1) is 0 Å². The number of benzene rings is 3. The first-order valence-corrected chi connectivity index (χ1v) is 9.88. The SMILES string of the molecule is Cc1ccc(Cl)c(CN(CCC(=O)O)Cc2cccc(Oc3ccccc3)c2)c1. The summed E-state index contributed by atoms with van der Waals surface area (Å²) in [5, 5.41) is 9.82. The molecule has 0 aliphatic carbocycles. The van der Waals surface area contributed by atoms with Crippen molar-refractivity contribution in [2.75, 3.05) is 6.54 Å². The average Bonchev–Trinajstić information content (AvgIpc) is 2.70. The molecule has 3 aromatic carbocycles. The molecule has 3 aromatic rings. The number of carboxylic acids is 1. The van der Waals surface area contributed by atoms with E-state index in [0.29, 0.717) is 24.7 Å². The molecule has 0 saturated carbocycles. The molecule has 1 N–H and O–H groups in total. The lowest BCUT2D eigenvalue weighted by molar-refractivity contribution is -0.137. The van der Waals surface area contributed by atoms with Gasteiger partial charge in [0.25, 0.3) is 0 Å². The van der Waals surface area contributed by atoms with Crippen LogP contribution in [-0.4, -0.2) is 22.5 Å². The third kappa shape index (κ3) is 6.63. The van der Waals surface area contributed by atoms with Crippen LogP contribution in [-0.2, 0) is 17.9 Å². The highest BCUT2D eigenvalue weighted by molar-refractivity contribution is 6.31. The number of hydrogen-bond acceptors (Lipinski definition) is 3. The number of ether oxygens (including phenoxy) is 1. The molecular weight excluding hydrogens is 386 g/mol. The monoisotopic (exact) mass is 409 g/mol. The molecule has 29 heavy (non-hydrogen) atoms. The van der Waals surface area contributed by atoms with Gasteiger partial charge in [0.15, 0.2) is 0 Å². The second-order valence-corrected chi connectivity index (χ2v) is 7.42. The fraction of sp³-hybridized carbons (Fsp3) is 0.208. The van der Waals surface area contributed by atoms with Crippen LogP contribution >= 0.6 is 11.6 Å². The van der Waals surface area contributed by atoms with Crippen molar-refractivity contribution in [3.05, 3.63) is 94.5 Å². The molecule has 0 radical (unpaired) electrons. The number of aliphatic carboxylic acids is 1. The molecule has 4 nitrogen and oxygen atoms in total. The molecule has 0 heterocycles. The largest absolute Gasteiger partial charge is 0.481 e. The van der Waals surface area contributed by atoms with Crippen molar-refractivity contribution >= 4 is 17.6 Å². The van der Waals surface area contributed by atoms with Crippen molar-refractivity contribution in [1.82, 2.24) is 4.90 Å². The minimum atomic E-state index is -0.813. The summed E-state index contributed by atoms with van der Waals surface area (Å²) in [5.41, 5.74) is 3.17. The summed E-state index contributed by atoms with van der Waals surface area (Å²) in [7, 11) is 0. The normalized spacial score (nSPS) is 10.9. The van der Waals surface area contributed by atoms with Crippen molar-refractivity contribution in [3.8, 4) is 11.5 Å². The first-order chi connectivity index (χ1) is 14.0. The number of carbonyl (C=O) groups is 1. The van der Waals surface area contributed by atoms with Crippen LogP contribution in [0, 0.1) is 6.92 Å². The molecule has 3 rings (SSSR count). The molecule has 0 aromatic heterocycles. The predicted molar refractivity (Wildman–Crippen MR) is 116 cm³/mol. The van der Waals surface area contributed by atoms with E-state index in [4.69, 9.17) is 21.4 Å². The zero-order valence-electron chi connectivity index (χ0n) is 16.3. The van der Waals surface area contributed by atoms with E-state index in [1.807, 2.05) is 79.7 Å². The lowest BCUT2D eigenvalue weighted by Gasteiger charge is -2.23. The summed E-state index contributed by atoms with van der Waals surface area (Å²) in [6.45, 7) is 3.64. The molecule has 0 spiro atoms. The van der Waals surface area contributed by atoms with Gasteiger partial charge in [0.05, 0.1) is 6.42 Å². The quantitative estimate of drug-likeness (QED) is 0.476. The minimum Gasteiger partial charge on any atom is -0.481 e. The predicted octanol–water partition coefficient (Wildman–Crippen LogP) is 5.92. The number of hydrogen-bond donors (Lipinski definition) is 1. The van der Waals surface area contributed by atoms with Gasteiger partial charge in [-0.1, -0.05) is 59.6 Å². The molecule has 0 amide bonds. The van der Waals surface area contributed by atoms with Gasteiger partial charge in [0, 0.05) is 24.7 Å². The van der Waals surface area contributed by atoms with Gasteiger partial charge < -0.3 is 9.84 Å². The summed E-state index contributed by atoms with van der Waals surface area (Å²) >= 11 is 6.36. The van der Waals surface area contributed by atoms with E-state index in [1.165, 1.54) is 0 Å². The minimum absolute atomic E-state index is 0.0731. The smallest absolute Gasteiger partial charge is 0.304 e. The Morgan fingerprint density at radius 2 is 1.72 bits per heavy atom. The third-order valence-electron chi connectivity index (χ3n) is 4.52. The number of para-hydroxylation sites is 1. The Morgan fingerprint density at radius 3 is 2.48 bits per heavy atom. The number of halogens is 1. The molecule has 5 heteroatoms. The van der Waals surface area contributed by atoms with Crippen LogP contribution in [0.1, 0.15) is 23.1 Å². The maximum Gasteiger partial charge on any atom is 0.304 e. The zero-order valence-corrected chi connectivity index (χ0v) is 17.1. The van der Waals surface area contributed by atoms with Gasteiger partial charge in [-0.05, 0) is 48.4 Å². The Hall–Kier alpha value is -2.82. The lowest BCUT2D eigenvalue weighted by Crippen LogP contribution is -2.26. The number of carboxylic acid groups (broad SMARTS) is 1. The summed E-state index contributed by atoms with van der Waals surface area (Å²) in [5.74, 6) is 0.714. The number of aryl methyl sites for hydroxylation is 1. The van der Waals surface area contributed by atoms with E-state index in [9.17, 15) is 4.79 Å². The van der Waals surface area contributed by atoms with Gasteiger partial charge in [-0.2, -0.15) is 0 Å². The molecule has 0 saturated heterocycles. The maximum absolute atomic E-state index is 11.1. The van der Waals surface area contributed by atoms with Crippen LogP contribution in [0.15, 0.2) is 72.8 Å². The van der Waals surface area contributed by atoms with Crippen LogP contribution in [0.5, 0.6) is 11.5 Å². The van der Waals surface area contributed by atoms with Gasteiger partial charge in [-0.3, -0.25) is 9.69 Å². The highest BCUT2D eigenvalue weighted by atomic mass is 35.5. The van der Waals surface area contributed by atoms with Gasteiger partial charge in [0.1, 0.15) is 11.5 Å². The Labute approximate surface area is 176 Å². The van der Waals surface area contributed by atoms with Crippen LogP contribution in [0.3, 0.4) is 0 Å². The highest BCUT2D eigenvalue weighted by Gasteiger charge is 2.12. The Balaban J connectivity index is 1.75. The molecule has 0 aliphatic rings. The van der Waals surface area contributed by atoms with Crippen molar-refractivity contribution in [2.24, 2.45) is 0 Å². The van der Waals surface area contributed by atoms with Crippen molar-refractivity contribution in [2.45, 2.75) is 26.4 Å². The molecule has 0 unspecified atom stereocenters. The Kier molecular flexibility index (Phi) is 7.28. The fourth-order valence-electron chi connectivity index (χ4n) is 3.12. The lowest BCUT2D eigenvalue weighted by atomic mass is 10.1. The van der Waals surface area contributed by atoms with Crippen molar-refractivity contribution in [1.29, 1.82) is 0 Å². The van der Waals surface area contributed by atoms with Crippen molar-refractivity contribution < 1.29 is 14.6 Å². The summed E-state index contributed by atoms with van der Waals surface area (Å²) in [6.07, 6.45) is 0.0731. The molecule has 150 valence electrons. The van der Waals surface area contributed by atoms with Gasteiger partial charge >= 0.3 is 5.97 Å². The first kappa shape index (κ1) is 20.9. The molecule has 0 atom stereocenters. The number of nitrogens with zero attached hydrogens (tertiary/aromatic N) is 1. The first-order valence-electron chi connectivity index (χ1n) is 9.50. The highest BCUT2D eigenvalue weighted by Crippen LogP contribution is 2.24. The Bertz CT molecular complexity index is 959. The molecule has 0 aliphatic heterocycles. The second-order valence-electron chi connectivity index (χ2n) is 7.01. The van der Waals surface area contributed by atoms with Gasteiger partial charge in [0.2, 0.25) is 0 Å². The average molecular weight is 410 g/mol. The standard InChI is InChI=1S/C24H24ClNO3/c1-18-10-11-23(25)20(14-18)17-26(13-12-24(27)28)16-19-6-5-9-22(15-19)29-21-7-3-2-4-8-21/h2-11,14-15H,12-13,16-17H2,1H3,(H,27,28). The summed E-state index contributed by atoms with van der Waals surface area (Å²) in [4.78, 5) is 13.2. The second kappa shape index (κ2) is 10.1. The van der Waals surface area contributed by atoms with E-state index in [1.54, 1.807) is 0 Å². The summed E-state index contributed by atoms with van der Waals surface area (Å²) < 4.78 is 5.92. The van der Waals surface area contributed by atoms with E-state index in [0.717, 1.165) is 28.2 Å². The molecule has 0 fully saturated rings. The van der Waals surface area contributed by atoms with E-state index < -0.39 is 5.97 Å². The van der Waals surface area contributed by atoms with Crippen LogP contribution < -0.4 is 4.74 Å². The summed E-state index contributed by atoms with van der Waals surface area (Å²) in [6, 6.07) is 23.4. The van der Waals surface area contributed by atoms with E-state index >= 15 is 0 Å². The zero-order chi connectivity index (χ0) is 20.6. The van der Waals surface area contributed by atoms with E-state index in [-0.39, 0.29) is 6.42 Å². The van der Waals surface area contributed by atoms with Crippen molar-refractivity contribution in [3.63, 3.8) is 0 Å². The Morgan fingerprint density at radius 1 is 0.966 bits per heavy atom. The maximum atomic E-state index is 11.1. The van der Waals surface area contributed by atoms with Crippen LogP contribution in [0.2, 0.25) is 5.02 Å². The topological polar surface area (TPSA) is 49.8 Å². The number of rotatable bonds is 9. The fourth-order valence-corrected chi connectivity index (χ4v) is 3.30. The van der Waals surface area contributed by atoms with Crippen LogP contribution in [0.4, 0.5) is 0 Å². The van der Waals surface area contributed by atoms with Gasteiger partial charge in [-0.25, -0.2) is 0 Å².